The molecular formula is C16H23N3. The van der Waals surface area contributed by atoms with Gasteiger partial charge in [-0.25, -0.2) is 4.98 Å². The Balaban J connectivity index is 2.06. The lowest BCUT2D eigenvalue weighted by atomic mass is 10.0. The van der Waals surface area contributed by atoms with E-state index in [9.17, 15) is 0 Å². The van der Waals surface area contributed by atoms with E-state index in [0.29, 0.717) is 6.04 Å². The van der Waals surface area contributed by atoms with Gasteiger partial charge < -0.3 is 10.3 Å². The van der Waals surface area contributed by atoms with Crippen LogP contribution in [0.4, 0.5) is 0 Å². The number of nitrogens with two attached hydrogens (primary N) is 1. The Morgan fingerprint density at radius 2 is 1.84 bits per heavy atom. The third-order valence-corrected chi connectivity index (χ3v) is 4.58. The summed E-state index contributed by atoms with van der Waals surface area (Å²) < 4.78 is 2.32. The number of nitrogens with zero attached hydrogens (tertiary/aromatic N) is 2. The molecule has 0 radical (unpaired) electrons. The van der Waals surface area contributed by atoms with E-state index in [0.717, 1.165) is 11.9 Å². The molecule has 0 bridgehead atoms. The summed E-state index contributed by atoms with van der Waals surface area (Å²) in [6.07, 6.45) is 8.16. The molecule has 0 spiro atoms. The molecule has 1 heterocycles. The highest BCUT2D eigenvalue weighted by atomic mass is 15.1. The minimum Gasteiger partial charge on any atom is -0.326 e. The largest absolute Gasteiger partial charge is 0.326 e. The van der Waals surface area contributed by atoms with Gasteiger partial charge >= 0.3 is 0 Å². The Morgan fingerprint density at radius 3 is 2.68 bits per heavy atom. The fourth-order valence-electron chi connectivity index (χ4n) is 3.21. The van der Waals surface area contributed by atoms with Crippen molar-refractivity contribution >= 4 is 11.0 Å². The summed E-state index contributed by atoms with van der Waals surface area (Å²) >= 11 is 0. The fraction of sp³-hybridized carbons (Fsp3) is 0.562. The van der Waals surface area contributed by atoms with E-state index in [2.05, 4.69) is 35.5 Å². The summed E-state index contributed by atoms with van der Waals surface area (Å²) in [4.78, 5) is 4.57. The Labute approximate surface area is 114 Å². The lowest BCUT2D eigenvalue weighted by molar-refractivity contribution is 0.396. The molecule has 102 valence electrons. The van der Waals surface area contributed by atoms with Gasteiger partial charge in [0.05, 0.1) is 23.4 Å². The number of hydrogen-bond donors (Lipinski definition) is 1. The first kappa shape index (κ1) is 12.7. The van der Waals surface area contributed by atoms with Crippen molar-refractivity contribution in [1.29, 1.82) is 0 Å². The van der Waals surface area contributed by atoms with E-state index in [1.165, 1.54) is 42.3 Å². The number of aromatic nitrogens is 2. The first-order valence-electron chi connectivity index (χ1n) is 7.36. The second-order valence-corrected chi connectivity index (χ2v) is 5.95. The molecule has 0 aliphatic heterocycles. The van der Waals surface area contributed by atoms with Crippen molar-refractivity contribution in [2.45, 2.75) is 58.0 Å². The summed E-state index contributed by atoms with van der Waals surface area (Å²) in [5, 5.41) is 0. The summed E-state index contributed by atoms with van der Waals surface area (Å²) in [5.74, 6) is 0. The lowest BCUT2D eigenvalue weighted by Gasteiger charge is -2.23. The molecule has 0 amide bonds. The van der Waals surface area contributed by atoms with Crippen LogP contribution in [0.5, 0.6) is 0 Å². The topological polar surface area (TPSA) is 43.8 Å². The van der Waals surface area contributed by atoms with Gasteiger partial charge in [0, 0.05) is 6.04 Å². The van der Waals surface area contributed by atoms with Gasteiger partial charge in [0.25, 0.3) is 0 Å². The van der Waals surface area contributed by atoms with Crippen LogP contribution in [0.25, 0.3) is 11.0 Å². The number of aryl methyl sites for hydroxylation is 2. The van der Waals surface area contributed by atoms with Gasteiger partial charge in [-0.05, 0) is 49.9 Å². The predicted octanol–water partition coefficient (Wildman–Crippen LogP) is 3.49. The zero-order valence-corrected chi connectivity index (χ0v) is 11.9. The van der Waals surface area contributed by atoms with Crippen LogP contribution in [-0.2, 0) is 0 Å². The van der Waals surface area contributed by atoms with E-state index < -0.39 is 0 Å². The normalized spacial score (nSPS) is 24.6. The molecule has 1 saturated carbocycles. The van der Waals surface area contributed by atoms with Crippen LogP contribution >= 0.6 is 0 Å². The van der Waals surface area contributed by atoms with Gasteiger partial charge in [-0.2, -0.15) is 0 Å². The third-order valence-electron chi connectivity index (χ3n) is 4.58. The first-order chi connectivity index (χ1) is 9.16. The van der Waals surface area contributed by atoms with Crippen molar-refractivity contribution in [3.8, 4) is 0 Å². The minimum atomic E-state index is 0.265. The highest BCUT2D eigenvalue weighted by Gasteiger charge is 2.23. The maximum atomic E-state index is 6.38. The van der Waals surface area contributed by atoms with Gasteiger partial charge in [-0.1, -0.05) is 19.3 Å². The van der Waals surface area contributed by atoms with Gasteiger partial charge in [0.1, 0.15) is 0 Å². The molecule has 1 fully saturated rings. The Hall–Kier alpha value is -1.35. The van der Waals surface area contributed by atoms with Gasteiger partial charge in [0.15, 0.2) is 0 Å². The second-order valence-electron chi connectivity index (χ2n) is 5.95. The first-order valence-corrected chi connectivity index (χ1v) is 7.36. The Bertz CT molecular complexity index is 585. The summed E-state index contributed by atoms with van der Waals surface area (Å²) in [6, 6.07) is 5.12. The number of imidazole rings is 1. The molecule has 2 N–H and O–H groups in total. The summed E-state index contributed by atoms with van der Waals surface area (Å²) in [5.41, 5.74) is 11.4. The monoisotopic (exact) mass is 257 g/mol. The summed E-state index contributed by atoms with van der Waals surface area (Å²) in [7, 11) is 0. The minimum absolute atomic E-state index is 0.265. The average molecular weight is 257 g/mol. The van der Waals surface area contributed by atoms with Gasteiger partial charge in [-0.15, -0.1) is 0 Å². The second kappa shape index (κ2) is 4.97. The smallest absolute Gasteiger partial charge is 0.0961 e. The van der Waals surface area contributed by atoms with Crippen molar-refractivity contribution < 1.29 is 0 Å². The van der Waals surface area contributed by atoms with Crippen LogP contribution in [-0.4, -0.2) is 15.6 Å². The number of hydrogen-bond acceptors (Lipinski definition) is 2. The number of rotatable bonds is 1. The highest BCUT2D eigenvalue weighted by Crippen LogP contribution is 2.30. The van der Waals surface area contributed by atoms with Gasteiger partial charge in [-0.3, -0.25) is 0 Å². The van der Waals surface area contributed by atoms with Crippen molar-refractivity contribution in [1.82, 2.24) is 9.55 Å². The van der Waals surface area contributed by atoms with Crippen molar-refractivity contribution in [2.75, 3.05) is 0 Å². The van der Waals surface area contributed by atoms with Crippen LogP contribution in [0, 0.1) is 13.8 Å². The van der Waals surface area contributed by atoms with E-state index in [-0.39, 0.29) is 6.04 Å². The molecule has 0 saturated heterocycles. The van der Waals surface area contributed by atoms with E-state index in [1.54, 1.807) is 0 Å². The molecule has 1 aliphatic rings. The van der Waals surface area contributed by atoms with Crippen LogP contribution < -0.4 is 5.73 Å². The summed E-state index contributed by atoms with van der Waals surface area (Å²) in [6.45, 7) is 4.31. The molecule has 3 nitrogen and oxygen atoms in total. The molecule has 1 aromatic carbocycles. The van der Waals surface area contributed by atoms with Crippen LogP contribution in [0.3, 0.4) is 0 Å². The lowest BCUT2D eigenvalue weighted by Crippen LogP contribution is -2.31. The van der Waals surface area contributed by atoms with Crippen LogP contribution in [0.2, 0.25) is 0 Å². The Kier molecular flexibility index (Phi) is 3.31. The number of fused-ring (bicyclic) bond motifs is 1. The van der Waals surface area contributed by atoms with Crippen LogP contribution in [0.1, 0.15) is 49.3 Å². The maximum absolute atomic E-state index is 6.38. The number of benzene rings is 1. The fourth-order valence-corrected chi connectivity index (χ4v) is 3.21. The SMILES string of the molecule is Cc1cc2ncn(C3CCCCCC3N)c2cc1C. The molecule has 2 aromatic rings. The van der Waals surface area contributed by atoms with Crippen molar-refractivity contribution in [3.63, 3.8) is 0 Å². The zero-order valence-electron chi connectivity index (χ0n) is 11.9. The molecule has 3 heteroatoms. The molecule has 2 unspecified atom stereocenters. The highest BCUT2D eigenvalue weighted by molar-refractivity contribution is 5.77. The van der Waals surface area contributed by atoms with Crippen LogP contribution in [0.15, 0.2) is 18.5 Å². The third kappa shape index (κ3) is 2.27. The molecular weight excluding hydrogens is 234 g/mol. The molecule has 2 atom stereocenters. The molecule has 1 aromatic heterocycles. The molecule has 19 heavy (non-hydrogen) atoms. The van der Waals surface area contributed by atoms with Crippen molar-refractivity contribution in [2.24, 2.45) is 5.73 Å². The zero-order chi connectivity index (χ0) is 13.4. The molecule has 3 rings (SSSR count). The van der Waals surface area contributed by atoms with Gasteiger partial charge in [0.2, 0.25) is 0 Å². The Morgan fingerprint density at radius 1 is 1.11 bits per heavy atom. The standard InChI is InChI=1S/C16H23N3/c1-11-8-14-16(9-12(11)2)19(10-18-14)15-7-5-3-4-6-13(15)17/h8-10,13,15H,3-7,17H2,1-2H3. The van der Waals surface area contributed by atoms with E-state index in [4.69, 9.17) is 5.73 Å². The molecule has 1 aliphatic carbocycles. The average Bonchev–Trinajstić information content (AvgIpc) is 2.64. The quantitative estimate of drug-likeness (QED) is 0.795. The van der Waals surface area contributed by atoms with E-state index in [1.807, 2.05) is 6.33 Å². The predicted molar refractivity (Wildman–Crippen MR) is 79.3 cm³/mol. The maximum Gasteiger partial charge on any atom is 0.0961 e. The van der Waals surface area contributed by atoms with Crippen molar-refractivity contribution in [3.05, 3.63) is 29.6 Å². The van der Waals surface area contributed by atoms with E-state index >= 15 is 0 Å².